The topological polar surface area (TPSA) is 18.5 Å². The van der Waals surface area contributed by atoms with E-state index in [-0.39, 0.29) is 5.75 Å². The lowest BCUT2D eigenvalue weighted by Crippen LogP contribution is -2.16. The van der Waals surface area contributed by atoms with Gasteiger partial charge >= 0.3 is 6.36 Å². The standard InChI is InChI=1S/C7H6F3O2P/c8-7(9,10)11-5-1-3-6(12-13)4-2-5/h1-4H,13H2. The van der Waals surface area contributed by atoms with Crippen LogP contribution < -0.4 is 9.26 Å². The molecule has 6 heteroatoms. The van der Waals surface area contributed by atoms with Crippen LogP contribution in [-0.2, 0) is 0 Å². The Labute approximate surface area is 74.9 Å². The highest BCUT2D eigenvalue weighted by Gasteiger charge is 2.30. The fraction of sp³-hybridized carbons (Fsp3) is 0.143. The largest absolute Gasteiger partial charge is 0.573 e. The summed E-state index contributed by atoms with van der Waals surface area (Å²) in [5, 5.41) is 0. The fourth-order valence-electron chi connectivity index (χ4n) is 0.720. The van der Waals surface area contributed by atoms with Crippen molar-refractivity contribution in [2.24, 2.45) is 0 Å². The monoisotopic (exact) mass is 210 g/mol. The molecule has 1 aromatic rings. The average molecular weight is 210 g/mol. The summed E-state index contributed by atoms with van der Waals surface area (Å²) in [6, 6.07) is 5.09. The molecule has 0 amide bonds. The van der Waals surface area contributed by atoms with Gasteiger partial charge < -0.3 is 9.26 Å². The van der Waals surface area contributed by atoms with E-state index in [0.717, 1.165) is 0 Å². The molecule has 1 atom stereocenters. The summed E-state index contributed by atoms with van der Waals surface area (Å²) >= 11 is 0. The summed E-state index contributed by atoms with van der Waals surface area (Å²) < 4.78 is 43.3. The van der Waals surface area contributed by atoms with Crippen molar-refractivity contribution in [1.82, 2.24) is 0 Å². The summed E-state index contributed by atoms with van der Waals surface area (Å²) in [7, 11) is 1.99. The molecule has 1 unspecified atom stereocenters. The molecular formula is C7H6F3O2P. The van der Waals surface area contributed by atoms with Gasteiger partial charge in [0.1, 0.15) is 11.5 Å². The first-order valence-corrected chi connectivity index (χ1v) is 3.71. The van der Waals surface area contributed by atoms with E-state index in [1.165, 1.54) is 24.3 Å². The molecule has 0 heterocycles. The molecule has 72 valence electrons. The van der Waals surface area contributed by atoms with Crippen molar-refractivity contribution in [2.45, 2.75) is 6.36 Å². The van der Waals surface area contributed by atoms with Crippen LogP contribution in [-0.4, -0.2) is 6.36 Å². The molecule has 0 fully saturated rings. The quantitative estimate of drug-likeness (QED) is 0.698. The Balaban J connectivity index is 2.70. The zero-order chi connectivity index (χ0) is 9.90. The molecular weight excluding hydrogens is 204 g/mol. The molecule has 0 saturated carbocycles. The second-order valence-electron chi connectivity index (χ2n) is 2.14. The lowest BCUT2D eigenvalue weighted by molar-refractivity contribution is -0.274. The molecule has 13 heavy (non-hydrogen) atoms. The van der Waals surface area contributed by atoms with Gasteiger partial charge in [-0.2, -0.15) is 0 Å². The molecule has 0 N–H and O–H groups in total. The van der Waals surface area contributed by atoms with Crippen LogP contribution in [0.2, 0.25) is 0 Å². The van der Waals surface area contributed by atoms with Gasteiger partial charge in [-0.3, -0.25) is 0 Å². The lowest BCUT2D eigenvalue weighted by Gasteiger charge is -2.08. The number of hydrogen-bond donors (Lipinski definition) is 0. The van der Waals surface area contributed by atoms with E-state index in [4.69, 9.17) is 0 Å². The SMILES string of the molecule is FC(F)(F)Oc1ccc(OP)cc1. The Morgan fingerprint density at radius 2 is 1.46 bits per heavy atom. The molecule has 0 aliphatic carbocycles. The maximum atomic E-state index is 11.7. The molecule has 0 bridgehead atoms. The van der Waals surface area contributed by atoms with Crippen LogP contribution in [0.25, 0.3) is 0 Å². The molecule has 0 aliphatic rings. The molecule has 0 radical (unpaired) electrons. The van der Waals surface area contributed by atoms with Crippen LogP contribution in [0.1, 0.15) is 0 Å². The lowest BCUT2D eigenvalue weighted by atomic mass is 10.3. The summed E-state index contributed by atoms with van der Waals surface area (Å²) in [4.78, 5) is 0. The third kappa shape index (κ3) is 3.51. The minimum atomic E-state index is -4.65. The Hall–Kier alpha value is -0.960. The predicted octanol–water partition coefficient (Wildman–Crippen LogP) is 2.75. The van der Waals surface area contributed by atoms with Crippen molar-refractivity contribution in [2.75, 3.05) is 0 Å². The Morgan fingerprint density at radius 3 is 1.85 bits per heavy atom. The summed E-state index contributed by atoms with van der Waals surface area (Å²) in [6.07, 6.45) is -4.65. The normalized spacial score (nSPS) is 11.1. The molecule has 0 spiro atoms. The zero-order valence-electron chi connectivity index (χ0n) is 6.34. The highest BCUT2D eigenvalue weighted by molar-refractivity contribution is 7.10. The third-order valence-corrected chi connectivity index (χ3v) is 1.47. The third-order valence-electron chi connectivity index (χ3n) is 1.19. The van der Waals surface area contributed by atoms with Crippen LogP contribution in [0.4, 0.5) is 13.2 Å². The number of hydrogen-bond acceptors (Lipinski definition) is 2. The summed E-state index contributed by atoms with van der Waals surface area (Å²) in [5.74, 6) is 0.179. The minimum Gasteiger partial charge on any atom is -0.480 e. The van der Waals surface area contributed by atoms with Crippen LogP contribution in [0.3, 0.4) is 0 Å². The molecule has 1 rings (SSSR count). The summed E-state index contributed by atoms with van der Waals surface area (Å²) in [5.41, 5.74) is 0. The van der Waals surface area contributed by atoms with Crippen LogP contribution in [0, 0.1) is 0 Å². The molecule has 1 aromatic carbocycles. The van der Waals surface area contributed by atoms with Crippen molar-refractivity contribution >= 4 is 9.47 Å². The number of halogens is 3. The molecule has 2 nitrogen and oxygen atoms in total. The van der Waals surface area contributed by atoms with Gasteiger partial charge in [0.05, 0.1) is 9.47 Å². The zero-order valence-corrected chi connectivity index (χ0v) is 7.49. The molecule has 0 saturated heterocycles. The first kappa shape index (κ1) is 10.1. The second kappa shape index (κ2) is 3.83. The van der Waals surface area contributed by atoms with Crippen molar-refractivity contribution in [1.29, 1.82) is 0 Å². The first-order valence-electron chi connectivity index (χ1n) is 3.24. The van der Waals surface area contributed by atoms with Crippen molar-refractivity contribution in [3.05, 3.63) is 24.3 Å². The van der Waals surface area contributed by atoms with Crippen LogP contribution in [0.15, 0.2) is 24.3 Å². The van der Waals surface area contributed by atoms with Crippen molar-refractivity contribution in [3.63, 3.8) is 0 Å². The van der Waals surface area contributed by atoms with Crippen LogP contribution >= 0.6 is 9.47 Å². The van der Waals surface area contributed by atoms with E-state index in [1.54, 1.807) is 0 Å². The van der Waals surface area contributed by atoms with E-state index in [1.807, 2.05) is 9.47 Å². The number of ether oxygens (including phenoxy) is 1. The second-order valence-corrected chi connectivity index (χ2v) is 2.37. The predicted molar refractivity (Wildman–Crippen MR) is 43.5 cm³/mol. The van der Waals surface area contributed by atoms with E-state index < -0.39 is 6.36 Å². The Bertz CT molecular complexity index is 270. The number of rotatable bonds is 2. The fourth-order valence-corrected chi connectivity index (χ4v) is 0.877. The smallest absolute Gasteiger partial charge is 0.480 e. The van der Waals surface area contributed by atoms with Gasteiger partial charge in [0, 0.05) is 0 Å². The highest BCUT2D eigenvalue weighted by atomic mass is 31.0. The van der Waals surface area contributed by atoms with E-state index >= 15 is 0 Å². The Kier molecular flexibility index (Phi) is 2.98. The van der Waals surface area contributed by atoms with Crippen molar-refractivity contribution < 1.29 is 22.4 Å². The van der Waals surface area contributed by atoms with Gasteiger partial charge in [-0.15, -0.1) is 13.2 Å². The maximum Gasteiger partial charge on any atom is 0.573 e. The maximum absolute atomic E-state index is 11.7. The summed E-state index contributed by atoms with van der Waals surface area (Å²) in [6.45, 7) is 0. The Morgan fingerprint density at radius 1 is 1.00 bits per heavy atom. The average Bonchev–Trinajstić information content (AvgIpc) is 2.03. The minimum absolute atomic E-state index is 0.265. The highest BCUT2D eigenvalue weighted by Crippen LogP contribution is 2.24. The van der Waals surface area contributed by atoms with Gasteiger partial charge in [-0.05, 0) is 24.3 Å². The van der Waals surface area contributed by atoms with Crippen LogP contribution in [0.5, 0.6) is 11.5 Å². The van der Waals surface area contributed by atoms with E-state index in [0.29, 0.717) is 5.75 Å². The number of alkyl halides is 3. The van der Waals surface area contributed by atoms with E-state index in [9.17, 15) is 13.2 Å². The van der Waals surface area contributed by atoms with E-state index in [2.05, 4.69) is 9.26 Å². The molecule has 0 aliphatic heterocycles. The van der Waals surface area contributed by atoms with Crippen molar-refractivity contribution in [3.8, 4) is 11.5 Å². The van der Waals surface area contributed by atoms with Gasteiger partial charge in [0.25, 0.3) is 0 Å². The van der Waals surface area contributed by atoms with Gasteiger partial charge in [0.15, 0.2) is 0 Å². The number of benzene rings is 1. The molecule has 0 aromatic heterocycles. The van der Waals surface area contributed by atoms with Gasteiger partial charge in [-0.1, -0.05) is 0 Å². The van der Waals surface area contributed by atoms with Gasteiger partial charge in [0.2, 0.25) is 0 Å². The first-order chi connectivity index (χ1) is 6.01. The van der Waals surface area contributed by atoms with Gasteiger partial charge in [-0.25, -0.2) is 0 Å².